The lowest BCUT2D eigenvalue weighted by molar-refractivity contribution is -0.139. The number of esters is 1. The molecule has 0 fully saturated rings. The monoisotopic (exact) mass is 542 g/mol. The number of allylic oxidation sites excluding steroid dienone is 1. The van der Waals surface area contributed by atoms with Crippen LogP contribution in [-0.2, 0) is 9.53 Å². The molecule has 1 aliphatic rings. The Morgan fingerprint density at radius 1 is 1.03 bits per heavy atom. The minimum Gasteiger partial charge on any atom is -0.497 e. The van der Waals surface area contributed by atoms with E-state index in [1.54, 1.807) is 25.7 Å². The molecule has 200 valence electrons. The highest BCUT2D eigenvalue weighted by molar-refractivity contribution is 7.07. The van der Waals surface area contributed by atoms with Crippen LogP contribution >= 0.6 is 11.3 Å². The molecule has 1 unspecified atom stereocenters. The number of methoxy groups -OCH3 is 2. The number of nitrogens with zero attached hydrogens (tertiary/aromatic N) is 2. The molecular weight excluding hydrogens is 512 g/mol. The van der Waals surface area contributed by atoms with E-state index in [9.17, 15) is 9.59 Å². The highest BCUT2D eigenvalue weighted by atomic mass is 32.1. The van der Waals surface area contributed by atoms with Crippen molar-refractivity contribution < 1.29 is 19.0 Å². The zero-order chi connectivity index (χ0) is 27.5. The minimum atomic E-state index is -0.763. The first kappa shape index (κ1) is 26.4. The fraction of sp³-hybridized carbons (Fsp3) is 0.258. The zero-order valence-corrected chi connectivity index (χ0v) is 23.2. The van der Waals surface area contributed by atoms with Gasteiger partial charge in [-0.1, -0.05) is 67.1 Å². The largest absolute Gasteiger partial charge is 0.497 e. The summed E-state index contributed by atoms with van der Waals surface area (Å²) in [5.41, 5.74) is 2.37. The summed E-state index contributed by atoms with van der Waals surface area (Å²) in [4.78, 5) is 33.1. The van der Waals surface area contributed by atoms with E-state index in [1.165, 1.54) is 11.3 Å². The van der Waals surface area contributed by atoms with E-state index in [4.69, 9.17) is 19.2 Å². The summed E-state index contributed by atoms with van der Waals surface area (Å²) in [5, 5.41) is 1.87. The smallest absolute Gasteiger partial charge is 0.338 e. The molecule has 0 radical (unpaired) electrons. The van der Waals surface area contributed by atoms with Gasteiger partial charge >= 0.3 is 5.97 Å². The standard InChI is InChI=1S/C31H30N2O5S/c1-5-9-23-27(30(35)38-6-2)28(26-22-11-8-7-10-20(22)14-17-24(26)37-4)33-29(34)25(39-31(33)32-23)18-19-12-15-21(36-3)16-13-19/h7-8,10-18,28H,5-6,9H2,1-4H3/b25-18+. The number of hydrogen-bond donors (Lipinski definition) is 0. The number of thiazole rings is 1. The van der Waals surface area contributed by atoms with Crippen LogP contribution in [0.5, 0.6) is 11.5 Å². The molecule has 4 aromatic rings. The Morgan fingerprint density at radius 3 is 2.49 bits per heavy atom. The van der Waals surface area contributed by atoms with Gasteiger partial charge < -0.3 is 14.2 Å². The third-order valence-electron chi connectivity index (χ3n) is 6.73. The maximum absolute atomic E-state index is 14.1. The summed E-state index contributed by atoms with van der Waals surface area (Å²) in [6.07, 6.45) is 3.19. The molecular formula is C31H30N2O5S. The summed E-state index contributed by atoms with van der Waals surface area (Å²) in [5.74, 6) is 0.844. The Balaban J connectivity index is 1.85. The molecule has 0 aliphatic carbocycles. The lowest BCUT2D eigenvalue weighted by Crippen LogP contribution is -2.40. The molecule has 7 nitrogen and oxygen atoms in total. The van der Waals surface area contributed by atoms with Gasteiger partial charge in [-0.3, -0.25) is 9.36 Å². The maximum Gasteiger partial charge on any atom is 0.338 e. The Kier molecular flexibility index (Phi) is 7.65. The number of ether oxygens (including phenoxy) is 3. The van der Waals surface area contributed by atoms with Crippen molar-refractivity contribution in [2.45, 2.75) is 32.7 Å². The third-order valence-corrected chi connectivity index (χ3v) is 7.71. The maximum atomic E-state index is 14.1. The van der Waals surface area contributed by atoms with Crippen LogP contribution in [0.4, 0.5) is 0 Å². The lowest BCUT2D eigenvalue weighted by Gasteiger charge is -2.28. The van der Waals surface area contributed by atoms with E-state index >= 15 is 0 Å². The number of carbonyl (C=O) groups excluding carboxylic acids is 1. The zero-order valence-electron chi connectivity index (χ0n) is 22.4. The summed E-state index contributed by atoms with van der Waals surface area (Å²) in [7, 11) is 3.21. The van der Waals surface area contributed by atoms with Crippen LogP contribution in [0.15, 0.2) is 81.7 Å². The molecule has 0 N–H and O–H groups in total. The van der Waals surface area contributed by atoms with Crippen LogP contribution in [0, 0.1) is 0 Å². The van der Waals surface area contributed by atoms with Crippen LogP contribution in [0.1, 0.15) is 43.9 Å². The highest BCUT2D eigenvalue weighted by Crippen LogP contribution is 2.41. The summed E-state index contributed by atoms with van der Waals surface area (Å²) < 4.78 is 18.8. The lowest BCUT2D eigenvalue weighted by atomic mass is 9.90. The van der Waals surface area contributed by atoms with Gasteiger partial charge in [0.25, 0.3) is 5.56 Å². The average Bonchev–Trinajstić information content (AvgIpc) is 3.26. The van der Waals surface area contributed by atoms with Gasteiger partial charge in [-0.25, -0.2) is 9.79 Å². The van der Waals surface area contributed by atoms with Gasteiger partial charge in [-0.15, -0.1) is 0 Å². The fourth-order valence-corrected chi connectivity index (χ4v) is 6.00. The topological polar surface area (TPSA) is 79.1 Å². The van der Waals surface area contributed by atoms with Gasteiger partial charge in [0.1, 0.15) is 17.5 Å². The van der Waals surface area contributed by atoms with Crippen molar-refractivity contribution in [3.63, 3.8) is 0 Å². The van der Waals surface area contributed by atoms with Gasteiger partial charge in [0.15, 0.2) is 4.80 Å². The van der Waals surface area contributed by atoms with Gasteiger partial charge in [-0.2, -0.15) is 0 Å². The van der Waals surface area contributed by atoms with E-state index in [2.05, 4.69) is 0 Å². The van der Waals surface area contributed by atoms with Gasteiger partial charge in [0.2, 0.25) is 0 Å². The summed E-state index contributed by atoms with van der Waals surface area (Å²) in [6.45, 7) is 4.02. The molecule has 0 saturated carbocycles. The molecule has 0 spiro atoms. The second-order valence-corrected chi connectivity index (χ2v) is 10.1. The van der Waals surface area contributed by atoms with Crippen LogP contribution < -0.4 is 24.4 Å². The van der Waals surface area contributed by atoms with Crippen molar-refractivity contribution in [2.24, 2.45) is 4.99 Å². The molecule has 5 rings (SSSR count). The van der Waals surface area contributed by atoms with E-state index in [1.807, 2.05) is 73.7 Å². The van der Waals surface area contributed by atoms with Crippen molar-refractivity contribution in [3.05, 3.63) is 103 Å². The number of benzene rings is 3. The molecule has 2 heterocycles. The minimum absolute atomic E-state index is 0.211. The molecule has 0 bridgehead atoms. The summed E-state index contributed by atoms with van der Waals surface area (Å²) >= 11 is 1.31. The number of hydrogen-bond acceptors (Lipinski definition) is 7. The van der Waals surface area contributed by atoms with E-state index in [0.29, 0.717) is 32.8 Å². The second kappa shape index (κ2) is 11.3. The quantitative estimate of drug-likeness (QED) is 0.300. The number of carbonyl (C=O) groups is 1. The van der Waals surface area contributed by atoms with Crippen molar-refractivity contribution in [3.8, 4) is 11.5 Å². The molecule has 1 aromatic heterocycles. The Labute approximate surface area is 230 Å². The SMILES string of the molecule is CCCC1=C(C(=O)OCC)C(c2c(OC)ccc3ccccc23)n2c(s/c(=C/c3ccc(OC)cc3)c2=O)=N1. The fourth-order valence-electron chi connectivity index (χ4n) is 4.98. The van der Waals surface area contributed by atoms with Crippen LogP contribution in [-0.4, -0.2) is 31.4 Å². The Bertz CT molecular complexity index is 1750. The van der Waals surface area contributed by atoms with E-state index in [0.717, 1.165) is 34.1 Å². The normalized spacial score (nSPS) is 15.2. The predicted octanol–water partition coefficient (Wildman–Crippen LogP) is 4.75. The van der Waals surface area contributed by atoms with Gasteiger partial charge in [-0.05, 0) is 54.0 Å². The Morgan fingerprint density at radius 2 is 1.79 bits per heavy atom. The highest BCUT2D eigenvalue weighted by Gasteiger charge is 2.37. The van der Waals surface area contributed by atoms with Gasteiger partial charge in [0.05, 0.1) is 36.6 Å². The van der Waals surface area contributed by atoms with Crippen molar-refractivity contribution in [1.29, 1.82) is 0 Å². The molecule has 39 heavy (non-hydrogen) atoms. The van der Waals surface area contributed by atoms with E-state index in [-0.39, 0.29) is 12.2 Å². The number of aromatic nitrogens is 1. The first-order valence-electron chi connectivity index (χ1n) is 12.9. The molecule has 3 aromatic carbocycles. The molecule has 1 aliphatic heterocycles. The Hall–Kier alpha value is -4.17. The number of fused-ring (bicyclic) bond motifs is 2. The molecule has 0 amide bonds. The predicted molar refractivity (Wildman–Crippen MR) is 153 cm³/mol. The third kappa shape index (κ3) is 4.88. The van der Waals surface area contributed by atoms with Crippen LogP contribution in [0.3, 0.4) is 0 Å². The first-order chi connectivity index (χ1) is 19.0. The van der Waals surface area contributed by atoms with Crippen molar-refractivity contribution in [2.75, 3.05) is 20.8 Å². The van der Waals surface area contributed by atoms with Crippen molar-refractivity contribution >= 4 is 34.2 Å². The van der Waals surface area contributed by atoms with E-state index < -0.39 is 12.0 Å². The van der Waals surface area contributed by atoms with Crippen LogP contribution in [0.2, 0.25) is 0 Å². The molecule has 0 saturated heterocycles. The van der Waals surface area contributed by atoms with Crippen LogP contribution in [0.25, 0.3) is 16.8 Å². The second-order valence-electron chi connectivity index (χ2n) is 9.09. The average molecular weight is 543 g/mol. The summed E-state index contributed by atoms with van der Waals surface area (Å²) in [6, 6.07) is 18.5. The van der Waals surface area contributed by atoms with Crippen molar-refractivity contribution in [1.82, 2.24) is 4.57 Å². The first-order valence-corrected chi connectivity index (χ1v) is 13.7. The van der Waals surface area contributed by atoms with Gasteiger partial charge in [0, 0.05) is 5.56 Å². The molecule has 8 heteroatoms. The molecule has 1 atom stereocenters. The number of rotatable bonds is 8.